The van der Waals surface area contributed by atoms with Gasteiger partial charge in [-0.15, -0.1) is 0 Å². The van der Waals surface area contributed by atoms with Crippen molar-refractivity contribution in [2.75, 3.05) is 13.1 Å². The number of aromatic hydroxyl groups is 1. The summed E-state index contributed by atoms with van der Waals surface area (Å²) >= 11 is 5.84. The normalized spacial score (nSPS) is 15.2. The highest BCUT2D eigenvalue weighted by atomic mass is 35.5. The lowest BCUT2D eigenvalue weighted by Gasteiger charge is -2.21. The molecule has 4 heterocycles. The Balaban J connectivity index is 1.63. The smallest absolute Gasteiger partial charge is 0.275 e. The van der Waals surface area contributed by atoms with Crippen molar-refractivity contribution in [3.63, 3.8) is 0 Å². The van der Waals surface area contributed by atoms with Crippen molar-refractivity contribution in [1.82, 2.24) is 29.2 Å². The molecule has 3 aromatic heterocycles. The van der Waals surface area contributed by atoms with Crippen LogP contribution in [0, 0.1) is 5.82 Å². The van der Waals surface area contributed by atoms with Crippen LogP contribution in [0.15, 0.2) is 47.5 Å². The molecule has 4 aromatic rings. The molecule has 1 fully saturated rings. The highest BCUT2D eigenvalue weighted by molar-refractivity contribution is 6.30. The fourth-order valence-corrected chi connectivity index (χ4v) is 5.31. The number of benzene rings is 1. The predicted molar refractivity (Wildman–Crippen MR) is 145 cm³/mol. The molecule has 1 atom stereocenters. The van der Waals surface area contributed by atoms with Gasteiger partial charge in [-0.2, -0.15) is 10.1 Å². The van der Waals surface area contributed by atoms with Gasteiger partial charge in [0.15, 0.2) is 11.4 Å². The Bertz CT molecular complexity index is 1610. The van der Waals surface area contributed by atoms with Crippen LogP contribution in [0.1, 0.15) is 53.4 Å². The van der Waals surface area contributed by atoms with Gasteiger partial charge in [0, 0.05) is 38.4 Å². The number of hydrogen-bond acceptors (Lipinski definition) is 6. The minimum absolute atomic E-state index is 0.136. The Morgan fingerprint density at radius 1 is 1.21 bits per heavy atom. The van der Waals surface area contributed by atoms with E-state index in [1.54, 1.807) is 24.0 Å². The van der Waals surface area contributed by atoms with Crippen LogP contribution in [-0.4, -0.2) is 53.3 Å². The maximum Gasteiger partial charge on any atom is 0.275 e. The lowest BCUT2D eigenvalue weighted by Crippen LogP contribution is -2.36. The second kappa shape index (κ2) is 10.6. The number of amides is 1. The zero-order valence-electron chi connectivity index (χ0n) is 21.9. The summed E-state index contributed by atoms with van der Waals surface area (Å²) in [6, 6.07) is 8.67. The number of aryl methyl sites for hydroxylation is 3. The number of halogens is 2. The van der Waals surface area contributed by atoms with Crippen LogP contribution in [-0.2, 0) is 19.9 Å². The first-order valence-corrected chi connectivity index (χ1v) is 13.2. The fourth-order valence-electron chi connectivity index (χ4n) is 5.16. The van der Waals surface area contributed by atoms with Crippen molar-refractivity contribution < 1.29 is 14.3 Å². The van der Waals surface area contributed by atoms with Gasteiger partial charge in [0.05, 0.1) is 16.4 Å². The molecule has 1 amide bonds. The third-order valence-electron chi connectivity index (χ3n) is 7.11. The molecular weight excluding hydrogens is 523 g/mol. The number of rotatable bonds is 6. The number of para-hydroxylation sites is 1. The molecule has 1 aromatic carbocycles. The Kier molecular flexibility index (Phi) is 7.22. The van der Waals surface area contributed by atoms with E-state index in [-0.39, 0.29) is 35.5 Å². The van der Waals surface area contributed by atoms with Crippen LogP contribution >= 0.6 is 11.6 Å². The molecule has 39 heavy (non-hydrogen) atoms. The van der Waals surface area contributed by atoms with Crippen molar-refractivity contribution in [2.24, 2.45) is 7.05 Å². The summed E-state index contributed by atoms with van der Waals surface area (Å²) < 4.78 is 17.5. The lowest BCUT2D eigenvalue weighted by atomic mass is 10.0. The number of nitrogens with zero attached hydrogens (tertiary/aromatic N) is 6. The van der Waals surface area contributed by atoms with Crippen LogP contribution in [0.2, 0.25) is 5.02 Å². The number of carbonyl (C=O) groups excluding carboxylic acids is 1. The second-order valence-corrected chi connectivity index (χ2v) is 9.98. The molecule has 1 saturated heterocycles. The van der Waals surface area contributed by atoms with E-state index in [1.807, 2.05) is 32.0 Å². The fraction of sp³-hybridized carbons (Fsp3) is 0.321. The van der Waals surface area contributed by atoms with Gasteiger partial charge in [-0.3, -0.25) is 23.8 Å². The van der Waals surface area contributed by atoms with Crippen LogP contribution in [0.3, 0.4) is 0 Å². The molecule has 0 aliphatic carbocycles. The van der Waals surface area contributed by atoms with E-state index in [4.69, 9.17) is 11.6 Å². The monoisotopic (exact) mass is 550 g/mol. The maximum absolute atomic E-state index is 14.5. The van der Waals surface area contributed by atoms with E-state index in [1.165, 1.54) is 21.7 Å². The van der Waals surface area contributed by atoms with Crippen LogP contribution in [0.5, 0.6) is 5.88 Å². The summed E-state index contributed by atoms with van der Waals surface area (Å²) in [5, 5.41) is 15.6. The van der Waals surface area contributed by atoms with Gasteiger partial charge in [-0.1, -0.05) is 43.6 Å². The van der Waals surface area contributed by atoms with Crippen molar-refractivity contribution in [3.05, 3.63) is 86.3 Å². The maximum atomic E-state index is 14.5. The van der Waals surface area contributed by atoms with Crippen molar-refractivity contribution in [2.45, 2.75) is 39.0 Å². The Labute approximate surface area is 229 Å². The first-order valence-electron chi connectivity index (χ1n) is 12.8. The van der Waals surface area contributed by atoms with Crippen LogP contribution in [0.4, 0.5) is 4.39 Å². The number of pyridine rings is 1. The Hall–Kier alpha value is -4.05. The molecule has 1 N–H and O–H groups in total. The van der Waals surface area contributed by atoms with E-state index < -0.39 is 28.7 Å². The average Bonchev–Trinajstić information content (AvgIpc) is 3.57. The Morgan fingerprint density at radius 2 is 1.92 bits per heavy atom. The summed E-state index contributed by atoms with van der Waals surface area (Å²) in [5.74, 6) is -2.12. The topological polar surface area (TPSA) is 106 Å². The lowest BCUT2D eigenvalue weighted by molar-refractivity contribution is 0.0784. The molecule has 1 aliphatic heterocycles. The third kappa shape index (κ3) is 4.80. The predicted octanol–water partition coefficient (Wildman–Crippen LogP) is 4.28. The van der Waals surface area contributed by atoms with E-state index in [2.05, 4.69) is 15.1 Å². The molecular formula is C28H28ClFN6O3. The van der Waals surface area contributed by atoms with E-state index in [0.29, 0.717) is 30.6 Å². The molecule has 9 nitrogen and oxygen atoms in total. The Morgan fingerprint density at radius 3 is 2.54 bits per heavy atom. The first-order chi connectivity index (χ1) is 18.7. The number of carbonyl (C=O) groups is 1. The largest absolute Gasteiger partial charge is 0.493 e. The summed E-state index contributed by atoms with van der Waals surface area (Å²) in [6.45, 7) is 4.37. The average molecular weight is 551 g/mol. The molecule has 0 bridgehead atoms. The highest BCUT2D eigenvalue weighted by Crippen LogP contribution is 2.31. The zero-order chi connectivity index (χ0) is 27.8. The van der Waals surface area contributed by atoms with E-state index >= 15 is 0 Å². The van der Waals surface area contributed by atoms with Crippen molar-refractivity contribution >= 4 is 17.5 Å². The van der Waals surface area contributed by atoms with Gasteiger partial charge in [0.2, 0.25) is 5.88 Å². The van der Waals surface area contributed by atoms with E-state index in [0.717, 1.165) is 11.1 Å². The molecule has 5 rings (SSSR count). The molecule has 0 unspecified atom stereocenters. The highest BCUT2D eigenvalue weighted by Gasteiger charge is 2.35. The van der Waals surface area contributed by atoms with Crippen molar-refractivity contribution in [1.29, 1.82) is 0 Å². The van der Waals surface area contributed by atoms with Gasteiger partial charge >= 0.3 is 0 Å². The molecule has 11 heteroatoms. The molecule has 0 saturated carbocycles. The third-order valence-corrected chi connectivity index (χ3v) is 7.31. The van der Waals surface area contributed by atoms with Crippen LogP contribution < -0.4 is 5.56 Å². The van der Waals surface area contributed by atoms with Gasteiger partial charge in [0.25, 0.3) is 11.5 Å². The van der Waals surface area contributed by atoms with E-state index in [9.17, 15) is 19.1 Å². The van der Waals surface area contributed by atoms with Gasteiger partial charge < -0.3 is 10.0 Å². The molecule has 202 valence electrons. The first kappa shape index (κ1) is 26.6. The summed E-state index contributed by atoms with van der Waals surface area (Å²) in [4.78, 5) is 37.8. The standard InChI is InChI=1S/C28H28ClFN6O3/c1-4-16-7-6-8-17(5-2)24(16)36-25(21-10-11-34(3)33-21)32-26(37)22(28(36)39)27(38)35-12-9-18(15-35)23-20(30)13-19(29)14-31-23/h6-8,10-11,13-14,18,37H,4-5,9,12,15H2,1-3H3/t18-/m0/s1. The summed E-state index contributed by atoms with van der Waals surface area (Å²) in [6.07, 6.45) is 4.79. The SMILES string of the molecule is CCc1cccc(CC)c1-n1c(-c2ccn(C)n2)nc(O)c(C(=O)N2CC[C@H](c3ncc(Cl)cc3F)C2)c1=O. The quantitative estimate of drug-likeness (QED) is 0.384. The molecule has 0 spiro atoms. The van der Waals surface area contributed by atoms with Gasteiger partial charge in [-0.25, -0.2) is 4.39 Å². The van der Waals surface area contributed by atoms with Gasteiger partial charge in [-0.05, 0) is 42.5 Å². The number of aromatic nitrogens is 5. The van der Waals surface area contributed by atoms with Crippen LogP contribution in [0.25, 0.3) is 17.2 Å². The molecule has 1 aliphatic rings. The minimum atomic E-state index is -0.692. The minimum Gasteiger partial charge on any atom is -0.493 e. The second-order valence-electron chi connectivity index (χ2n) is 9.54. The molecule has 0 radical (unpaired) electrons. The van der Waals surface area contributed by atoms with Crippen molar-refractivity contribution in [3.8, 4) is 23.1 Å². The zero-order valence-corrected chi connectivity index (χ0v) is 22.6. The number of likely N-dealkylation sites (tertiary alicyclic amines) is 1. The summed E-state index contributed by atoms with van der Waals surface area (Å²) in [7, 11) is 1.74. The van der Waals surface area contributed by atoms with Gasteiger partial charge in [0.1, 0.15) is 11.5 Å². The summed E-state index contributed by atoms with van der Waals surface area (Å²) in [5.41, 5.74) is 1.87. The number of hydrogen-bond donors (Lipinski definition) is 1.